The van der Waals surface area contributed by atoms with Crippen LogP contribution in [-0.4, -0.2) is 25.3 Å². The number of hydrogen-bond acceptors (Lipinski definition) is 4. The van der Waals surface area contributed by atoms with Gasteiger partial charge in [-0.2, -0.15) is 0 Å². The quantitative estimate of drug-likeness (QED) is 0.825. The van der Waals surface area contributed by atoms with Gasteiger partial charge in [-0.15, -0.1) is 0 Å². The van der Waals surface area contributed by atoms with Crippen LogP contribution in [0.3, 0.4) is 0 Å². The fourth-order valence-corrected chi connectivity index (χ4v) is 2.17. The van der Waals surface area contributed by atoms with Crippen LogP contribution in [-0.2, 0) is 10.3 Å². The van der Waals surface area contributed by atoms with Gasteiger partial charge in [0.05, 0.1) is 14.2 Å². The van der Waals surface area contributed by atoms with Gasteiger partial charge in [0.15, 0.2) is 11.5 Å². The molecule has 3 N–H and O–H groups in total. The van der Waals surface area contributed by atoms with Crippen molar-refractivity contribution in [3.63, 3.8) is 0 Å². The first-order chi connectivity index (χ1) is 8.53. The lowest BCUT2D eigenvalue weighted by Gasteiger charge is -2.25. The Morgan fingerprint density at radius 1 is 1.33 bits per heavy atom. The highest BCUT2D eigenvalue weighted by atomic mass is 16.5. The topological polar surface area (TPSA) is 81.8 Å². The SMILES string of the molecule is COc1ccc(C(N)(C(=O)O)C2CC2)cc1OC. The minimum Gasteiger partial charge on any atom is -0.493 e. The number of benzene rings is 1. The molecule has 0 aromatic heterocycles. The molecule has 0 amide bonds. The maximum atomic E-state index is 11.5. The third kappa shape index (κ3) is 1.90. The molecule has 1 aromatic carbocycles. The van der Waals surface area contributed by atoms with Crippen molar-refractivity contribution in [3.05, 3.63) is 23.8 Å². The van der Waals surface area contributed by atoms with Gasteiger partial charge in [0.25, 0.3) is 0 Å². The first-order valence-electron chi connectivity index (χ1n) is 5.78. The number of carboxylic acids is 1. The van der Waals surface area contributed by atoms with Gasteiger partial charge in [0, 0.05) is 0 Å². The van der Waals surface area contributed by atoms with Crippen molar-refractivity contribution in [1.29, 1.82) is 0 Å². The van der Waals surface area contributed by atoms with E-state index in [2.05, 4.69) is 0 Å². The summed E-state index contributed by atoms with van der Waals surface area (Å²) in [6.07, 6.45) is 1.69. The van der Waals surface area contributed by atoms with Crippen molar-refractivity contribution >= 4 is 5.97 Å². The molecule has 1 unspecified atom stereocenters. The fraction of sp³-hybridized carbons (Fsp3) is 0.462. The molecule has 2 rings (SSSR count). The summed E-state index contributed by atoms with van der Waals surface area (Å²) in [7, 11) is 3.04. The largest absolute Gasteiger partial charge is 0.493 e. The number of carbonyl (C=O) groups is 1. The predicted octanol–water partition coefficient (Wildman–Crippen LogP) is 1.35. The molecular weight excluding hydrogens is 234 g/mol. The van der Waals surface area contributed by atoms with Crippen molar-refractivity contribution in [1.82, 2.24) is 0 Å². The molecule has 1 saturated carbocycles. The Kier molecular flexibility index (Phi) is 3.17. The highest BCUT2D eigenvalue weighted by Gasteiger charge is 2.49. The molecule has 18 heavy (non-hydrogen) atoms. The van der Waals surface area contributed by atoms with E-state index < -0.39 is 11.5 Å². The van der Waals surface area contributed by atoms with Gasteiger partial charge in [0.1, 0.15) is 5.54 Å². The van der Waals surface area contributed by atoms with Crippen LogP contribution in [0.2, 0.25) is 0 Å². The van der Waals surface area contributed by atoms with E-state index in [-0.39, 0.29) is 5.92 Å². The lowest BCUT2D eigenvalue weighted by molar-refractivity contribution is -0.144. The number of hydrogen-bond donors (Lipinski definition) is 2. The van der Waals surface area contributed by atoms with Gasteiger partial charge in [-0.05, 0) is 36.5 Å². The standard InChI is InChI=1S/C13H17NO4/c1-17-10-6-5-9(7-11(10)18-2)13(14,12(15)16)8-3-4-8/h5-8H,3-4,14H2,1-2H3,(H,15,16). The van der Waals surface area contributed by atoms with E-state index in [0.29, 0.717) is 17.1 Å². The molecule has 0 aliphatic heterocycles. The first-order valence-corrected chi connectivity index (χ1v) is 5.78. The molecule has 0 saturated heterocycles. The van der Waals surface area contributed by atoms with Crippen LogP contribution < -0.4 is 15.2 Å². The minimum absolute atomic E-state index is 0.00639. The first kappa shape index (κ1) is 12.7. The molecule has 0 radical (unpaired) electrons. The lowest BCUT2D eigenvalue weighted by Crippen LogP contribution is -2.47. The van der Waals surface area contributed by atoms with Crippen LogP contribution >= 0.6 is 0 Å². The van der Waals surface area contributed by atoms with Crippen LogP contribution in [0.1, 0.15) is 18.4 Å². The summed E-state index contributed by atoms with van der Waals surface area (Å²) in [6.45, 7) is 0. The van der Waals surface area contributed by atoms with Gasteiger partial charge in [-0.25, -0.2) is 4.79 Å². The van der Waals surface area contributed by atoms with E-state index in [0.717, 1.165) is 12.8 Å². The zero-order valence-electron chi connectivity index (χ0n) is 10.5. The van der Waals surface area contributed by atoms with Crippen molar-refractivity contribution in [2.45, 2.75) is 18.4 Å². The zero-order valence-corrected chi connectivity index (χ0v) is 10.5. The van der Waals surface area contributed by atoms with E-state index in [1.165, 1.54) is 14.2 Å². The summed E-state index contributed by atoms with van der Waals surface area (Å²) < 4.78 is 10.3. The minimum atomic E-state index is -1.33. The Morgan fingerprint density at radius 3 is 2.39 bits per heavy atom. The van der Waals surface area contributed by atoms with Crippen LogP contribution in [0.5, 0.6) is 11.5 Å². The van der Waals surface area contributed by atoms with E-state index >= 15 is 0 Å². The summed E-state index contributed by atoms with van der Waals surface area (Å²) >= 11 is 0. The molecule has 1 aliphatic rings. The summed E-state index contributed by atoms with van der Waals surface area (Å²) in [5, 5.41) is 9.39. The second-order valence-electron chi connectivity index (χ2n) is 4.52. The number of rotatable bonds is 5. The molecule has 98 valence electrons. The molecule has 0 spiro atoms. The summed E-state index contributed by atoms with van der Waals surface area (Å²) in [4.78, 5) is 11.5. The third-order valence-corrected chi connectivity index (χ3v) is 3.44. The van der Waals surface area contributed by atoms with Gasteiger partial charge in [0.2, 0.25) is 0 Å². The number of carboxylic acid groups (broad SMARTS) is 1. The molecule has 1 aliphatic carbocycles. The molecule has 1 fully saturated rings. The van der Waals surface area contributed by atoms with Crippen LogP contribution in [0.25, 0.3) is 0 Å². The lowest BCUT2D eigenvalue weighted by atomic mass is 9.86. The van der Waals surface area contributed by atoms with E-state index in [1.807, 2.05) is 0 Å². The van der Waals surface area contributed by atoms with Gasteiger partial charge in [-0.3, -0.25) is 0 Å². The second kappa shape index (κ2) is 4.49. The van der Waals surface area contributed by atoms with Crippen LogP contribution in [0.15, 0.2) is 18.2 Å². The van der Waals surface area contributed by atoms with E-state index in [1.54, 1.807) is 18.2 Å². The normalized spacial score (nSPS) is 17.9. The molecule has 0 bridgehead atoms. The number of methoxy groups -OCH3 is 2. The highest BCUT2D eigenvalue weighted by Crippen LogP contribution is 2.45. The van der Waals surface area contributed by atoms with Crippen molar-refractivity contribution in [2.24, 2.45) is 11.7 Å². The number of ether oxygens (including phenoxy) is 2. The average Bonchev–Trinajstić information content (AvgIpc) is 3.21. The van der Waals surface area contributed by atoms with Gasteiger partial charge in [-0.1, -0.05) is 6.07 Å². The molecule has 1 atom stereocenters. The van der Waals surface area contributed by atoms with Gasteiger partial charge >= 0.3 is 5.97 Å². The maximum Gasteiger partial charge on any atom is 0.328 e. The molecule has 5 nitrogen and oxygen atoms in total. The smallest absolute Gasteiger partial charge is 0.328 e. The average molecular weight is 251 g/mol. The van der Waals surface area contributed by atoms with Crippen molar-refractivity contribution < 1.29 is 19.4 Å². The Bertz CT molecular complexity index is 470. The second-order valence-corrected chi connectivity index (χ2v) is 4.52. The maximum absolute atomic E-state index is 11.5. The Hall–Kier alpha value is -1.75. The van der Waals surface area contributed by atoms with Crippen molar-refractivity contribution in [2.75, 3.05) is 14.2 Å². The van der Waals surface area contributed by atoms with Gasteiger partial charge < -0.3 is 20.3 Å². The molecule has 0 heterocycles. The summed E-state index contributed by atoms with van der Waals surface area (Å²) in [5.41, 5.74) is 5.30. The predicted molar refractivity (Wildman–Crippen MR) is 65.8 cm³/mol. The Labute approximate surface area is 106 Å². The Balaban J connectivity index is 2.46. The summed E-state index contributed by atoms with van der Waals surface area (Å²) in [5.74, 6) is 0.0434. The molecular formula is C13H17NO4. The summed E-state index contributed by atoms with van der Waals surface area (Å²) in [6, 6.07) is 5.01. The highest BCUT2D eigenvalue weighted by molar-refractivity contribution is 5.82. The zero-order chi connectivity index (χ0) is 13.3. The van der Waals surface area contributed by atoms with E-state index in [9.17, 15) is 9.90 Å². The third-order valence-electron chi connectivity index (χ3n) is 3.44. The van der Waals surface area contributed by atoms with E-state index in [4.69, 9.17) is 15.2 Å². The molecule has 1 aromatic rings. The Morgan fingerprint density at radius 2 is 1.94 bits per heavy atom. The van der Waals surface area contributed by atoms with Crippen LogP contribution in [0, 0.1) is 5.92 Å². The molecule has 5 heteroatoms. The monoisotopic (exact) mass is 251 g/mol. The fourth-order valence-electron chi connectivity index (χ4n) is 2.17. The van der Waals surface area contributed by atoms with Crippen molar-refractivity contribution in [3.8, 4) is 11.5 Å². The van der Waals surface area contributed by atoms with Crippen LogP contribution in [0.4, 0.5) is 0 Å². The number of aliphatic carboxylic acids is 1. The number of nitrogens with two attached hydrogens (primary N) is 1.